The van der Waals surface area contributed by atoms with E-state index in [-0.39, 0.29) is 0 Å². The molecule has 0 saturated carbocycles. The highest BCUT2D eigenvalue weighted by atomic mass is 15.0. The zero-order chi connectivity index (χ0) is 52.0. The van der Waals surface area contributed by atoms with Crippen molar-refractivity contribution in [1.29, 1.82) is 0 Å². The summed E-state index contributed by atoms with van der Waals surface area (Å²) in [5.41, 5.74) is 18.0. The van der Waals surface area contributed by atoms with Crippen LogP contribution in [0.2, 0.25) is 0 Å². The molecule has 0 aliphatic carbocycles. The molecular formula is C72H48N6. The Morgan fingerprint density at radius 2 is 0.308 bits per heavy atom. The Kier molecular flexibility index (Phi) is 12.9. The van der Waals surface area contributed by atoms with Crippen molar-refractivity contribution in [2.75, 3.05) is 0 Å². The summed E-state index contributed by atoms with van der Waals surface area (Å²) in [5, 5.41) is 0. The van der Waals surface area contributed by atoms with Crippen molar-refractivity contribution in [1.82, 2.24) is 29.9 Å². The summed E-state index contributed by atoms with van der Waals surface area (Å²) < 4.78 is 0. The van der Waals surface area contributed by atoms with Crippen LogP contribution in [0.3, 0.4) is 0 Å². The van der Waals surface area contributed by atoms with Gasteiger partial charge >= 0.3 is 0 Å². The Morgan fingerprint density at radius 3 is 0.564 bits per heavy atom. The maximum absolute atomic E-state index is 5.35. The van der Waals surface area contributed by atoms with Gasteiger partial charge in [0.25, 0.3) is 0 Å². The smallest absolute Gasteiger partial charge is 0.164 e. The molecule has 0 aliphatic heterocycles. The predicted octanol–water partition coefficient (Wildman–Crippen LogP) is 18.1. The molecule has 0 atom stereocenters. The molecule has 366 valence electrons. The van der Waals surface area contributed by atoms with Gasteiger partial charge in [-0.15, -0.1) is 0 Å². The minimum absolute atomic E-state index is 0.561. The quantitative estimate of drug-likeness (QED) is 0.121. The Morgan fingerprint density at radius 1 is 0.128 bits per heavy atom. The van der Waals surface area contributed by atoms with Crippen molar-refractivity contribution in [2.24, 2.45) is 0 Å². The number of nitrogens with zero attached hydrogens (tertiary/aromatic N) is 6. The molecule has 0 saturated heterocycles. The van der Waals surface area contributed by atoms with Gasteiger partial charge in [0, 0.05) is 33.4 Å². The molecule has 0 bridgehead atoms. The highest BCUT2D eigenvalue weighted by molar-refractivity contribution is 5.95. The van der Waals surface area contributed by atoms with E-state index in [1.54, 1.807) is 0 Å². The van der Waals surface area contributed by atoms with Crippen LogP contribution in [-0.2, 0) is 0 Å². The first kappa shape index (κ1) is 47.2. The van der Waals surface area contributed by atoms with Gasteiger partial charge in [0.15, 0.2) is 34.9 Å². The first-order valence-corrected chi connectivity index (χ1v) is 26.1. The summed E-state index contributed by atoms with van der Waals surface area (Å²) in [6.45, 7) is 0. The normalized spacial score (nSPS) is 11.1. The molecule has 6 nitrogen and oxygen atoms in total. The summed E-state index contributed by atoms with van der Waals surface area (Å²) in [6, 6.07) is 101. The van der Waals surface area contributed by atoms with E-state index in [0.29, 0.717) is 34.9 Å². The van der Waals surface area contributed by atoms with Gasteiger partial charge in [0.05, 0.1) is 0 Å². The monoisotopic (exact) mass is 996 g/mol. The molecular weight excluding hydrogens is 949 g/mol. The standard InChI is InChI=1S/C72H48N6/c1-5-23-49(24-6-1)53-31-19-35-57(45-53)67-73-68(58-36-20-32-54(46-58)50-25-7-2-8-26-50)76-71(75-67)65-43-17-15-41-63(65)61-39-13-14-40-62(61)64-42-16-18-44-66(64)72-77-69(59-37-21-33-55(47-59)51-27-9-3-10-28-51)74-70(78-72)60-38-22-34-56(48-60)52-29-11-4-12-30-52/h1-48H. The number of benzene rings is 11. The highest BCUT2D eigenvalue weighted by Crippen LogP contribution is 2.42. The lowest BCUT2D eigenvalue weighted by Gasteiger charge is -2.17. The zero-order valence-corrected chi connectivity index (χ0v) is 42.4. The average molecular weight is 997 g/mol. The molecule has 0 spiro atoms. The van der Waals surface area contributed by atoms with E-state index in [2.05, 4.69) is 267 Å². The fourth-order valence-electron chi connectivity index (χ4n) is 10.2. The molecule has 13 rings (SSSR count). The highest BCUT2D eigenvalue weighted by Gasteiger charge is 2.22. The van der Waals surface area contributed by atoms with Gasteiger partial charge in [-0.25, -0.2) is 29.9 Å². The minimum atomic E-state index is 0.561. The molecule has 0 amide bonds. The molecule has 0 fully saturated rings. The van der Waals surface area contributed by atoms with Gasteiger partial charge < -0.3 is 0 Å². The van der Waals surface area contributed by atoms with Gasteiger partial charge in [-0.1, -0.05) is 267 Å². The predicted molar refractivity (Wildman–Crippen MR) is 318 cm³/mol. The lowest BCUT2D eigenvalue weighted by Crippen LogP contribution is -2.02. The Labute approximate surface area is 453 Å². The Balaban J connectivity index is 0.962. The Hall–Kier alpha value is -10.6. The van der Waals surface area contributed by atoms with E-state index >= 15 is 0 Å². The zero-order valence-electron chi connectivity index (χ0n) is 42.4. The van der Waals surface area contributed by atoms with Crippen LogP contribution in [-0.4, -0.2) is 29.9 Å². The van der Waals surface area contributed by atoms with Crippen LogP contribution < -0.4 is 0 Å². The van der Waals surface area contributed by atoms with Gasteiger partial charge in [-0.2, -0.15) is 0 Å². The van der Waals surface area contributed by atoms with E-state index in [0.717, 1.165) is 100 Å². The first-order chi connectivity index (χ1) is 38.6. The summed E-state index contributed by atoms with van der Waals surface area (Å²) in [4.78, 5) is 31.9. The molecule has 6 heteroatoms. The van der Waals surface area contributed by atoms with E-state index in [9.17, 15) is 0 Å². The fourth-order valence-corrected chi connectivity index (χ4v) is 10.2. The minimum Gasteiger partial charge on any atom is -0.208 e. The van der Waals surface area contributed by atoms with Gasteiger partial charge in [0.2, 0.25) is 0 Å². The van der Waals surface area contributed by atoms with Crippen LogP contribution in [0.5, 0.6) is 0 Å². The Bertz CT molecular complexity index is 3780. The molecule has 78 heavy (non-hydrogen) atoms. The number of hydrogen-bond acceptors (Lipinski definition) is 6. The second-order valence-corrected chi connectivity index (χ2v) is 19.0. The van der Waals surface area contributed by atoms with Crippen LogP contribution in [0.1, 0.15) is 0 Å². The maximum Gasteiger partial charge on any atom is 0.164 e. The van der Waals surface area contributed by atoms with Crippen molar-refractivity contribution >= 4 is 0 Å². The van der Waals surface area contributed by atoms with Crippen LogP contribution in [0, 0.1) is 0 Å². The third-order valence-corrected chi connectivity index (χ3v) is 14.0. The number of hydrogen-bond donors (Lipinski definition) is 0. The van der Waals surface area contributed by atoms with E-state index in [4.69, 9.17) is 29.9 Å². The number of rotatable bonds is 12. The van der Waals surface area contributed by atoms with Gasteiger partial charge in [0.1, 0.15) is 0 Å². The molecule has 0 unspecified atom stereocenters. The average Bonchev–Trinajstić information content (AvgIpc) is 3.58. The largest absolute Gasteiger partial charge is 0.208 e. The second-order valence-electron chi connectivity index (χ2n) is 19.0. The molecule has 2 heterocycles. The van der Waals surface area contributed by atoms with Gasteiger partial charge in [-0.3, -0.25) is 0 Å². The lowest BCUT2D eigenvalue weighted by atomic mass is 9.89. The van der Waals surface area contributed by atoms with Crippen LogP contribution in [0.15, 0.2) is 291 Å². The third kappa shape index (κ3) is 9.81. The van der Waals surface area contributed by atoms with Crippen molar-refractivity contribution in [3.8, 4) is 135 Å². The molecule has 0 radical (unpaired) electrons. The summed E-state index contributed by atoms with van der Waals surface area (Å²) in [6.07, 6.45) is 0. The third-order valence-electron chi connectivity index (χ3n) is 14.0. The fraction of sp³-hybridized carbons (Fsp3) is 0. The SMILES string of the molecule is c1ccc(-c2cccc(-c3nc(-c4cccc(-c5ccccc5)c4)nc(-c4ccccc4-c4ccccc4-c4ccccc4-c4nc(-c5cccc(-c6ccccc6)c5)nc(-c5cccc(-c6ccccc6)c5)n4)n3)c2)cc1. The van der Waals surface area contributed by atoms with E-state index < -0.39 is 0 Å². The van der Waals surface area contributed by atoms with Crippen molar-refractivity contribution in [3.63, 3.8) is 0 Å². The topological polar surface area (TPSA) is 77.3 Å². The summed E-state index contributed by atoms with van der Waals surface area (Å²) in [5.74, 6) is 3.44. The molecule has 13 aromatic rings. The van der Waals surface area contributed by atoms with Gasteiger partial charge in [-0.05, 0) is 91.0 Å². The number of aromatic nitrogens is 6. The first-order valence-electron chi connectivity index (χ1n) is 26.1. The maximum atomic E-state index is 5.35. The van der Waals surface area contributed by atoms with Crippen LogP contribution in [0.4, 0.5) is 0 Å². The summed E-state index contributed by atoms with van der Waals surface area (Å²) in [7, 11) is 0. The van der Waals surface area contributed by atoms with E-state index in [1.165, 1.54) is 0 Å². The second kappa shape index (κ2) is 21.4. The molecule has 2 aromatic heterocycles. The van der Waals surface area contributed by atoms with Crippen LogP contribution >= 0.6 is 0 Å². The van der Waals surface area contributed by atoms with Crippen molar-refractivity contribution < 1.29 is 0 Å². The molecule has 0 N–H and O–H groups in total. The van der Waals surface area contributed by atoms with E-state index in [1.807, 2.05) is 24.3 Å². The van der Waals surface area contributed by atoms with Crippen molar-refractivity contribution in [2.45, 2.75) is 0 Å². The van der Waals surface area contributed by atoms with Crippen LogP contribution in [0.25, 0.3) is 135 Å². The summed E-state index contributed by atoms with van der Waals surface area (Å²) >= 11 is 0. The molecule has 0 aliphatic rings. The lowest BCUT2D eigenvalue weighted by molar-refractivity contribution is 1.07. The molecule has 11 aromatic carbocycles. The van der Waals surface area contributed by atoms with Crippen molar-refractivity contribution in [3.05, 3.63) is 291 Å².